The van der Waals surface area contributed by atoms with E-state index in [0.29, 0.717) is 0 Å². The Labute approximate surface area is 103 Å². The SMILES string of the molecule is OC1CCCc2nc(Cc3cccs3)sc21. The molecule has 0 saturated heterocycles. The Hall–Kier alpha value is -0.710. The number of thiazole rings is 1. The van der Waals surface area contributed by atoms with Crippen LogP contribution in [0.5, 0.6) is 0 Å². The lowest BCUT2D eigenvalue weighted by molar-refractivity contribution is 0.160. The Morgan fingerprint density at radius 1 is 1.50 bits per heavy atom. The van der Waals surface area contributed by atoms with Crippen LogP contribution in [-0.2, 0) is 12.8 Å². The van der Waals surface area contributed by atoms with Gasteiger partial charge in [-0.15, -0.1) is 22.7 Å². The molecular formula is C12H13NOS2. The van der Waals surface area contributed by atoms with Crippen LogP contribution in [0.25, 0.3) is 0 Å². The number of aliphatic hydroxyl groups is 1. The quantitative estimate of drug-likeness (QED) is 0.889. The minimum absolute atomic E-state index is 0.265. The number of rotatable bonds is 2. The third kappa shape index (κ3) is 1.93. The van der Waals surface area contributed by atoms with Crippen LogP contribution in [0.2, 0.25) is 0 Å². The van der Waals surface area contributed by atoms with Crippen molar-refractivity contribution in [3.05, 3.63) is 38.0 Å². The Morgan fingerprint density at radius 3 is 3.19 bits per heavy atom. The van der Waals surface area contributed by atoms with Gasteiger partial charge in [0.15, 0.2) is 0 Å². The van der Waals surface area contributed by atoms with Crippen LogP contribution >= 0.6 is 22.7 Å². The molecule has 0 aromatic carbocycles. The van der Waals surface area contributed by atoms with Crippen LogP contribution in [0.15, 0.2) is 17.5 Å². The Bertz CT molecular complexity index is 475. The fraction of sp³-hybridized carbons (Fsp3) is 0.417. The number of aliphatic hydroxyl groups excluding tert-OH is 1. The van der Waals surface area contributed by atoms with Crippen molar-refractivity contribution >= 4 is 22.7 Å². The molecule has 1 N–H and O–H groups in total. The zero-order valence-electron chi connectivity index (χ0n) is 8.85. The van der Waals surface area contributed by atoms with Gasteiger partial charge in [0.2, 0.25) is 0 Å². The molecule has 84 valence electrons. The molecule has 0 spiro atoms. The smallest absolute Gasteiger partial charge is 0.0984 e. The fourth-order valence-corrected chi connectivity index (χ4v) is 4.04. The van der Waals surface area contributed by atoms with Crippen molar-refractivity contribution in [2.75, 3.05) is 0 Å². The maximum atomic E-state index is 9.87. The minimum Gasteiger partial charge on any atom is -0.388 e. The Balaban J connectivity index is 1.87. The fourth-order valence-electron chi connectivity index (χ4n) is 2.09. The summed E-state index contributed by atoms with van der Waals surface area (Å²) in [7, 11) is 0. The predicted molar refractivity (Wildman–Crippen MR) is 67.1 cm³/mol. The molecule has 2 nitrogen and oxygen atoms in total. The molecule has 0 radical (unpaired) electrons. The summed E-state index contributed by atoms with van der Waals surface area (Å²) in [5.41, 5.74) is 1.13. The van der Waals surface area contributed by atoms with Crippen LogP contribution in [-0.4, -0.2) is 10.1 Å². The van der Waals surface area contributed by atoms with Gasteiger partial charge in [0.1, 0.15) is 0 Å². The van der Waals surface area contributed by atoms with E-state index in [1.807, 2.05) is 0 Å². The monoisotopic (exact) mass is 251 g/mol. The number of aryl methyl sites for hydroxylation is 1. The van der Waals surface area contributed by atoms with Crippen LogP contribution < -0.4 is 0 Å². The molecule has 2 aromatic heterocycles. The highest BCUT2D eigenvalue weighted by Gasteiger charge is 2.22. The van der Waals surface area contributed by atoms with E-state index in [2.05, 4.69) is 22.5 Å². The maximum absolute atomic E-state index is 9.87. The zero-order chi connectivity index (χ0) is 11.0. The van der Waals surface area contributed by atoms with Crippen molar-refractivity contribution < 1.29 is 5.11 Å². The van der Waals surface area contributed by atoms with Crippen molar-refractivity contribution in [2.24, 2.45) is 0 Å². The molecule has 1 unspecified atom stereocenters. The molecule has 0 saturated carbocycles. The van der Waals surface area contributed by atoms with Crippen LogP contribution in [0.3, 0.4) is 0 Å². The van der Waals surface area contributed by atoms with Gasteiger partial charge < -0.3 is 5.11 Å². The number of thiophene rings is 1. The third-order valence-electron chi connectivity index (χ3n) is 2.87. The van der Waals surface area contributed by atoms with E-state index in [1.54, 1.807) is 22.7 Å². The summed E-state index contributed by atoms with van der Waals surface area (Å²) in [6.45, 7) is 0. The van der Waals surface area contributed by atoms with Gasteiger partial charge in [0, 0.05) is 11.3 Å². The molecule has 0 aliphatic heterocycles. The van der Waals surface area contributed by atoms with E-state index in [-0.39, 0.29) is 6.10 Å². The molecule has 1 atom stereocenters. The van der Waals surface area contributed by atoms with Gasteiger partial charge in [0.05, 0.1) is 21.7 Å². The normalized spacial score (nSPS) is 19.7. The molecule has 16 heavy (non-hydrogen) atoms. The van der Waals surface area contributed by atoms with Gasteiger partial charge in [-0.2, -0.15) is 0 Å². The summed E-state index contributed by atoms with van der Waals surface area (Å²) >= 11 is 3.46. The van der Waals surface area contributed by atoms with E-state index in [9.17, 15) is 5.11 Å². The van der Waals surface area contributed by atoms with Crippen LogP contribution in [0.4, 0.5) is 0 Å². The molecule has 0 fully saturated rings. The van der Waals surface area contributed by atoms with E-state index in [1.165, 1.54) is 4.88 Å². The van der Waals surface area contributed by atoms with Crippen molar-refractivity contribution in [2.45, 2.75) is 31.8 Å². The summed E-state index contributed by atoms with van der Waals surface area (Å²) in [4.78, 5) is 7.10. The van der Waals surface area contributed by atoms with Crippen molar-refractivity contribution in [1.29, 1.82) is 0 Å². The lowest BCUT2D eigenvalue weighted by Crippen LogP contribution is -2.06. The number of hydrogen-bond acceptors (Lipinski definition) is 4. The maximum Gasteiger partial charge on any atom is 0.0984 e. The number of aromatic nitrogens is 1. The second kappa shape index (κ2) is 4.28. The molecule has 4 heteroatoms. The van der Waals surface area contributed by atoms with Gasteiger partial charge in [-0.25, -0.2) is 4.98 Å². The van der Waals surface area contributed by atoms with Crippen molar-refractivity contribution in [1.82, 2.24) is 4.98 Å². The highest BCUT2D eigenvalue weighted by atomic mass is 32.1. The van der Waals surface area contributed by atoms with Crippen molar-refractivity contribution in [3.8, 4) is 0 Å². The van der Waals surface area contributed by atoms with E-state index < -0.39 is 0 Å². The number of fused-ring (bicyclic) bond motifs is 1. The van der Waals surface area contributed by atoms with Gasteiger partial charge in [-0.3, -0.25) is 0 Å². The molecule has 1 aliphatic carbocycles. The van der Waals surface area contributed by atoms with Gasteiger partial charge in [-0.05, 0) is 30.7 Å². The average Bonchev–Trinajstić information content (AvgIpc) is 2.88. The molecule has 0 bridgehead atoms. The first-order chi connectivity index (χ1) is 7.83. The average molecular weight is 251 g/mol. The first-order valence-corrected chi connectivity index (χ1v) is 7.21. The first kappa shape index (κ1) is 10.4. The van der Waals surface area contributed by atoms with Crippen LogP contribution in [0, 0.1) is 0 Å². The highest BCUT2D eigenvalue weighted by Crippen LogP contribution is 2.34. The highest BCUT2D eigenvalue weighted by molar-refractivity contribution is 7.12. The molecule has 2 heterocycles. The number of nitrogens with zero attached hydrogens (tertiary/aromatic N) is 1. The van der Waals surface area contributed by atoms with Gasteiger partial charge in [0.25, 0.3) is 0 Å². The molecule has 0 amide bonds. The van der Waals surface area contributed by atoms with E-state index in [4.69, 9.17) is 0 Å². The molecule has 2 aromatic rings. The predicted octanol–water partition coefficient (Wildman–Crippen LogP) is 3.17. The van der Waals surface area contributed by atoms with Crippen LogP contribution in [0.1, 0.15) is 39.4 Å². The second-order valence-corrected chi connectivity index (χ2v) is 6.23. The largest absolute Gasteiger partial charge is 0.388 e. The molecule has 1 aliphatic rings. The van der Waals surface area contributed by atoms with Gasteiger partial charge >= 0.3 is 0 Å². The minimum atomic E-state index is -0.265. The molecular weight excluding hydrogens is 238 g/mol. The zero-order valence-corrected chi connectivity index (χ0v) is 10.5. The molecule has 3 rings (SSSR count). The first-order valence-electron chi connectivity index (χ1n) is 5.52. The summed E-state index contributed by atoms with van der Waals surface area (Å²) in [6, 6.07) is 4.21. The van der Waals surface area contributed by atoms with E-state index >= 15 is 0 Å². The summed E-state index contributed by atoms with van der Waals surface area (Å²) in [5.74, 6) is 0. The Morgan fingerprint density at radius 2 is 2.44 bits per heavy atom. The Kier molecular flexibility index (Phi) is 2.79. The standard InChI is InChI=1S/C12H13NOS2/c14-10-5-1-4-9-12(10)16-11(13-9)7-8-3-2-6-15-8/h2-3,6,10,14H,1,4-5,7H2. The summed E-state index contributed by atoms with van der Waals surface area (Å²) < 4.78 is 0. The summed E-state index contributed by atoms with van der Waals surface area (Å²) in [5, 5.41) is 13.1. The lowest BCUT2D eigenvalue weighted by Gasteiger charge is -2.14. The number of hydrogen-bond donors (Lipinski definition) is 1. The van der Waals surface area contributed by atoms with Gasteiger partial charge in [-0.1, -0.05) is 6.07 Å². The third-order valence-corrected chi connectivity index (χ3v) is 4.95. The summed E-state index contributed by atoms with van der Waals surface area (Å²) in [6.07, 6.45) is 3.65. The second-order valence-electron chi connectivity index (χ2n) is 4.08. The van der Waals surface area contributed by atoms with E-state index in [0.717, 1.165) is 41.3 Å². The van der Waals surface area contributed by atoms with Crippen molar-refractivity contribution in [3.63, 3.8) is 0 Å². The topological polar surface area (TPSA) is 33.1 Å². The lowest BCUT2D eigenvalue weighted by atomic mass is 10.0.